The molecule has 0 spiro atoms. The number of carbonyl (C=O) groups is 1. The molecule has 2 rings (SSSR count). The van der Waals surface area contributed by atoms with E-state index >= 15 is 0 Å². The summed E-state index contributed by atoms with van der Waals surface area (Å²) in [6.07, 6.45) is -5.15. The molecule has 0 radical (unpaired) electrons. The second-order valence-electron chi connectivity index (χ2n) is 4.63. The summed E-state index contributed by atoms with van der Waals surface area (Å²) >= 11 is 1.21. The summed E-state index contributed by atoms with van der Waals surface area (Å²) in [7, 11) is 1.30. The van der Waals surface area contributed by atoms with E-state index < -0.39 is 18.6 Å². The summed E-state index contributed by atoms with van der Waals surface area (Å²) in [4.78, 5) is 15.6. The molecule has 0 amide bonds. The molecular weight excluding hydrogens is 331 g/mol. The van der Waals surface area contributed by atoms with Crippen LogP contribution in [0.1, 0.15) is 23.2 Å². The minimum absolute atomic E-state index is 0.0340. The maximum Gasteiger partial charge on any atom is 0.389 e. The van der Waals surface area contributed by atoms with E-state index in [2.05, 4.69) is 9.72 Å². The Bertz CT molecular complexity index is 653. The lowest BCUT2D eigenvalue weighted by molar-refractivity contribution is -0.136. The fourth-order valence-electron chi connectivity index (χ4n) is 1.78. The van der Waals surface area contributed by atoms with Crippen LogP contribution in [0.3, 0.4) is 0 Å². The lowest BCUT2D eigenvalue weighted by Gasteiger charge is -2.05. The third-order valence-electron chi connectivity index (χ3n) is 2.92. The molecule has 23 heavy (non-hydrogen) atoms. The van der Waals surface area contributed by atoms with Crippen molar-refractivity contribution in [2.24, 2.45) is 0 Å². The maximum absolute atomic E-state index is 12.0. The molecule has 8 heteroatoms. The van der Waals surface area contributed by atoms with Gasteiger partial charge in [-0.2, -0.15) is 13.2 Å². The molecule has 0 fully saturated rings. The Morgan fingerprint density at radius 1 is 1.26 bits per heavy atom. The highest BCUT2D eigenvalue weighted by Gasteiger charge is 2.26. The Hall–Kier alpha value is -2.09. The number of ether oxygens (including phenoxy) is 2. The van der Waals surface area contributed by atoms with Gasteiger partial charge in [-0.15, -0.1) is 0 Å². The van der Waals surface area contributed by atoms with Crippen molar-refractivity contribution in [3.8, 4) is 16.5 Å². The first kappa shape index (κ1) is 17.3. The summed E-state index contributed by atoms with van der Waals surface area (Å²) in [6, 6.07) is 6.66. The fourth-order valence-corrected chi connectivity index (χ4v) is 2.49. The second-order valence-corrected chi connectivity index (χ2v) is 5.46. The van der Waals surface area contributed by atoms with E-state index in [9.17, 15) is 18.0 Å². The monoisotopic (exact) mass is 345 g/mol. The Kier molecular flexibility index (Phi) is 5.59. The molecule has 0 unspecified atom stereocenters. The maximum atomic E-state index is 12.0. The zero-order chi connectivity index (χ0) is 16.9. The van der Waals surface area contributed by atoms with E-state index in [1.165, 1.54) is 18.4 Å². The fraction of sp³-hybridized carbons (Fsp3) is 0.333. The largest absolute Gasteiger partial charge is 0.470 e. The number of alkyl halides is 3. The molecule has 0 aliphatic heterocycles. The van der Waals surface area contributed by atoms with E-state index in [-0.39, 0.29) is 13.0 Å². The van der Waals surface area contributed by atoms with Gasteiger partial charge in [0, 0.05) is 17.4 Å². The van der Waals surface area contributed by atoms with Crippen molar-refractivity contribution in [1.82, 2.24) is 4.98 Å². The molecule has 0 bridgehead atoms. The van der Waals surface area contributed by atoms with Crippen LogP contribution >= 0.6 is 11.3 Å². The molecule has 1 aromatic carbocycles. The van der Waals surface area contributed by atoms with E-state index in [0.717, 1.165) is 5.56 Å². The number of carbonyl (C=O) groups excluding carboxylic acids is 1. The van der Waals surface area contributed by atoms with E-state index in [1.54, 1.807) is 29.6 Å². The Morgan fingerprint density at radius 3 is 2.57 bits per heavy atom. The number of methoxy groups -OCH3 is 1. The van der Waals surface area contributed by atoms with Crippen molar-refractivity contribution < 1.29 is 27.4 Å². The highest BCUT2D eigenvalue weighted by Crippen LogP contribution is 2.27. The van der Waals surface area contributed by atoms with Crippen LogP contribution in [0, 0.1) is 0 Å². The minimum Gasteiger partial charge on any atom is -0.470 e. The van der Waals surface area contributed by atoms with Crippen LogP contribution in [0.4, 0.5) is 13.2 Å². The molecule has 2 aromatic rings. The molecule has 0 aliphatic rings. The number of nitrogens with zero attached hydrogens (tertiary/aromatic N) is 1. The number of halogens is 3. The Balaban J connectivity index is 1.92. The van der Waals surface area contributed by atoms with Gasteiger partial charge in [0.2, 0.25) is 0 Å². The van der Waals surface area contributed by atoms with Gasteiger partial charge in [0.15, 0.2) is 0 Å². The average Bonchev–Trinajstić information content (AvgIpc) is 2.99. The van der Waals surface area contributed by atoms with Crippen molar-refractivity contribution in [3.63, 3.8) is 0 Å². The van der Waals surface area contributed by atoms with E-state index in [0.29, 0.717) is 16.5 Å². The molecule has 0 aliphatic carbocycles. The smallest absolute Gasteiger partial charge is 0.389 e. The highest BCUT2D eigenvalue weighted by atomic mass is 32.1. The van der Waals surface area contributed by atoms with Crippen LogP contribution in [-0.2, 0) is 4.74 Å². The molecule has 0 atom stereocenters. The third-order valence-corrected chi connectivity index (χ3v) is 3.67. The summed E-state index contributed by atoms with van der Waals surface area (Å²) in [5, 5.41) is 2.06. The van der Waals surface area contributed by atoms with Crippen LogP contribution < -0.4 is 4.74 Å². The highest BCUT2D eigenvalue weighted by molar-refractivity contribution is 7.11. The first-order valence-electron chi connectivity index (χ1n) is 6.73. The van der Waals surface area contributed by atoms with E-state index in [1.807, 2.05) is 0 Å². The summed E-state index contributed by atoms with van der Waals surface area (Å²) < 4.78 is 45.9. The normalized spacial score (nSPS) is 11.3. The van der Waals surface area contributed by atoms with Crippen molar-refractivity contribution in [1.29, 1.82) is 0 Å². The van der Waals surface area contributed by atoms with Crippen LogP contribution in [-0.4, -0.2) is 30.8 Å². The Morgan fingerprint density at radius 2 is 1.96 bits per heavy atom. The number of aromatic nitrogens is 1. The SMILES string of the molecule is COC(=O)c1ccc(-c2csc(OCCCC(F)(F)F)n2)cc1. The predicted octanol–water partition coefficient (Wildman–Crippen LogP) is 4.32. The van der Waals surface area contributed by atoms with Gasteiger partial charge >= 0.3 is 12.1 Å². The van der Waals surface area contributed by atoms with Crippen molar-refractivity contribution in [2.75, 3.05) is 13.7 Å². The number of esters is 1. The zero-order valence-electron chi connectivity index (χ0n) is 12.2. The third kappa shape index (κ3) is 5.24. The van der Waals surface area contributed by atoms with Crippen LogP contribution in [0.25, 0.3) is 11.3 Å². The average molecular weight is 345 g/mol. The van der Waals surface area contributed by atoms with Crippen molar-refractivity contribution in [3.05, 3.63) is 35.2 Å². The summed E-state index contributed by atoms with van der Waals surface area (Å²) in [5.41, 5.74) is 1.84. The molecule has 0 saturated heterocycles. The summed E-state index contributed by atoms with van der Waals surface area (Å²) in [6.45, 7) is -0.0340. The van der Waals surface area contributed by atoms with Gasteiger partial charge in [-0.3, -0.25) is 0 Å². The number of thiazole rings is 1. The first-order valence-corrected chi connectivity index (χ1v) is 7.61. The van der Waals surface area contributed by atoms with Crippen LogP contribution in [0.2, 0.25) is 0 Å². The molecule has 0 saturated carbocycles. The predicted molar refractivity (Wildman–Crippen MR) is 79.7 cm³/mol. The van der Waals surface area contributed by atoms with Gasteiger partial charge in [-0.1, -0.05) is 23.5 Å². The second kappa shape index (κ2) is 7.45. The molecule has 1 aromatic heterocycles. The lowest BCUT2D eigenvalue weighted by atomic mass is 10.1. The summed E-state index contributed by atoms with van der Waals surface area (Å²) in [5.74, 6) is -0.427. The van der Waals surface area contributed by atoms with Gasteiger partial charge in [-0.05, 0) is 18.6 Å². The molecule has 1 heterocycles. The minimum atomic E-state index is -4.17. The zero-order valence-corrected chi connectivity index (χ0v) is 13.0. The van der Waals surface area contributed by atoms with Gasteiger partial charge in [-0.25, -0.2) is 9.78 Å². The van der Waals surface area contributed by atoms with Gasteiger partial charge in [0.05, 0.1) is 25.0 Å². The number of hydrogen-bond donors (Lipinski definition) is 0. The van der Waals surface area contributed by atoms with Crippen molar-refractivity contribution in [2.45, 2.75) is 19.0 Å². The number of hydrogen-bond acceptors (Lipinski definition) is 5. The Labute approximate surface area is 134 Å². The standard InChI is InChI=1S/C15H14F3NO3S/c1-21-13(20)11-5-3-10(4-6-11)12-9-23-14(19-12)22-8-2-7-15(16,17)18/h3-6,9H,2,7-8H2,1H3. The molecular formula is C15H14F3NO3S. The van der Waals surface area contributed by atoms with Gasteiger partial charge in [0.25, 0.3) is 5.19 Å². The van der Waals surface area contributed by atoms with Crippen LogP contribution in [0.15, 0.2) is 29.6 Å². The van der Waals surface area contributed by atoms with Gasteiger partial charge < -0.3 is 9.47 Å². The van der Waals surface area contributed by atoms with E-state index in [4.69, 9.17) is 4.74 Å². The quantitative estimate of drug-likeness (QED) is 0.578. The molecule has 4 nitrogen and oxygen atoms in total. The topological polar surface area (TPSA) is 48.4 Å². The lowest BCUT2D eigenvalue weighted by Crippen LogP contribution is -2.09. The number of benzene rings is 1. The first-order chi connectivity index (χ1) is 10.9. The molecule has 0 N–H and O–H groups in total. The van der Waals surface area contributed by atoms with Gasteiger partial charge in [0.1, 0.15) is 0 Å². The number of rotatable bonds is 6. The van der Waals surface area contributed by atoms with Crippen LogP contribution in [0.5, 0.6) is 5.19 Å². The molecule has 124 valence electrons. The van der Waals surface area contributed by atoms with Crippen molar-refractivity contribution >= 4 is 17.3 Å².